The summed E-state index contributed by atoms with van der Waals surface area (Å²) in [6.45, 7) is 0. The Morgan fingerprint density at radius 3 is 2.36 bits per heavy atom. The number of aliphatic carboxylic acids is 1. The molecule has 0 aliphatic heterocycles. The van der Waals surface area contributed by atoms with Gasteiger partial charge in [0.1, 0.15) is 0 Å². The van der Waals surface area contributed by atoms with Crippen LogP contribution in [0.5, 0.6) is 0 Å². The Kier molecular flexibility index (Phi) is 3.16. The molecule has 82 valence electrons. The van der Waals surface area contributed by atoms with E-state index in [1.807, 2.05) is 0 Å². The van der Waals surface area contributed by atoms with Crippen molar-refractivity contribution in [2.75, 3.05) is 14.1 Å². The van der Waals surface area contributed by atoms with Gasteiger partial charge < -0.3 is 5.11 Å². The van der Waals surface area contributed by atoms with Crippen LogP contribution in [0.15, 0.2) is 0 Å². The first-order chi connectivity index (χ1) is 6.37. The molecule has 0 amide bonds. The lowest BCUT2D eigenvalue weighted by Gasteiger charge is -2.20. The summed E-state index contributed by atoms with van der Waals surface area (Å²) in [7, 11) is -0.544. The summed E-state index contributed by atoms with van der Waals surface area (Å²) in [6, 6.07) is 0. The normalized spacial score (nSPS) is 28.2. The second-order valence-corrected chi connectivity index (χ2v) is 6.11. The van der Waals surface area contributed by atoms with Crippen molar-refractivity contribution >= 4 is 16.0 Å². The van der Waals surface area contributed by atoms with Crippen LogP contribution in [0.2, 0.25) is 0 Å². The average molecular weight is 221 g/mol. The van der Waals surface area contributed by atoms with Crippen LogP contribution in [0.25, 0.3) is 0 Å². The van der Waals surface area contributed by atoms with E-state index in [4.69, 9.17) is 5.11 Å². The molecule has 0 spiro atoms. The van der Waals surface area contributed by atoms with Gasteiger partial charge in [0.05, 0.1) is 11.2 Å². The highest BCUT2D eigenvalue weighted by atomic mass is 32.2. The van der Waals surface area contributed by atoms with Gasteiger partial charge in [0, 0.05) is 14.1 Å². The molecule has 1 aliphatic rings. The van der Waals surface area contributed by atoms with Crippen LogP contribution in [0.3, 0.4) is 0 Å². The lowest BCUT2D eigenvalue weighted by Crippen LogP contribution is -2.38. The minimum absolute atomic E-state index is 0.456. The Labute approximate surface area is 83.8 Å². The summed E-state index contributed by atoms with van der Waals surface area (Å²) in [5, 5.41) is 8.11. The van der Waals surface area contributed by atoms with E-state index in [9.17, 15) is 13.2 Å². The highest BCUT2D eigenvalue weighted by Gasteiger charge is 2.42. The van der Waals surface area contributed by atoms with Gasteiger partial charge in [0.25, 0.3) is 0 Å². The van der Waals surface area contributed by atoms with E-state index in [0.29, 0.717) is 19.3 Å². The summed E-state index contributed by atoms with van der Waals surface area (Å²) in [5.41, 5.74) is 0. The number of rotatable bonds is 3. The third-order valence-corrected chi connectivity index (χ3v) is 5.01. The number of carboxylic acids is 1. The Morgan fingerprint density at radius 2 is 1.93 bits per heavy atom. The number of nitrogens with zero attached hydrogens (tertiary/aromatic N) is 1. The Hall–Kier alpha value is -0.620. The Bertz CT molecular complexity index is 322. The van der Waals surface area contributed by atoms with Crippen LogP contribution < -0.4 is 0 Å². The third-order valence-electron chi connectivity index (χ3n) is 2.66. The number of hydrogen-bond donors (Lipinski definition) is 1. The molecule has 0 saturated heterocycles. The fraction of sp³-hybridized carbons (Fsp3) is 0.875. The minimum atomic E-state index is -3.42. The summed E-state index contributed by atoms with van der Waals surface area (Å²) in [6.07, 6.45) is 1.60. The van der Waals surface area contributed by atoms with Crippen molar-refractivity contribution in [3.63, 3.8) is 0 Å². The van der Waals surface area contributed by atoms with Crippen molar-refractivity contribution in [2.45, 2.75) is 24.5 Å². The highest BCUT2D eigenvalue weighted by Crippen LogP contribution is 2.32. The van der Waals surface area contributed by atoms with Crippen LogP contribution in [-0.2, 0) is 14.8 Å². The van der Waals surface area contributed by atoms with Gasteiger partial charge in [-0.3, -0.25) is 4.79 Å². The molecule has 2 unspecified atom stereocenters. The molecule has 2 atom stereocenters. The molecule has 0 radical (unpaired) electrons. The molecule has 1 rings (SSSR count). The summed E-state index contributed by atoms with van der Waals surface area (Å²) in [4.78, 5) is 10.8. The molecular weight excluding hydrogens is 206 g/mol. The summed E-state index contributed by atoms with van der Waals surface area (Å²) in [5.74, 6) is -1.74. The van der Waals surface area contributed by atoms with Crippen LogP contribution >= 0.6 is 0 Å². The molecular formula is C8H15NO4S. The lowest BCUT2D eigenvalue weighted by molar-refractivity contribution is -0.141. The zero-order valence-electron chi connectivity index (χ0n) is 8.30. The Balaban J connectivity index is 2.93. The van der Waals surface area contributed by atoms with E-state index in [2.05, 4.69) is 0 Å². The smallest absolute Gasteiger partial charge is 0.307 e. The zero-order chi connectivity index (χ0) is 10.9. The third kappa shape index (κ3) is 1.90. The molecule has 1 fully saturated rings. The van der Waals surface area contributed by atoms with Crippen LogP contribution in [-0.4, -0.2) is 43.1 Å². The summed E-state index contributed by atoms with van der Waals surface area (Å²) >= 11 is 0. The van der Waals surface area contributed by atoms with Crippen molar-refractivity contribution < 1.29 is 18.3 Å². The molecule has 6 heteroatoms. The van der Waals surface area contributed by atoms with Crippen LogP contribution in [0.4, 0.5) is 0 Å². The highest BCUT2D eigenvalue weighted by molar-refractivity contribution is 7.89. The monoisotopic (exact) mass is 221 g/mol. The zero-order valence-corrected chi connectivity index (χ0v) is 9.12. The van der Waals surface area contributed by atoms with Gasteiger partial charge in [-0.15, -0.1) is 0 Å². The van der Waals surface area contributed by atoms with Gasteiger partial charge in [-0.05, 0) is 12.8 Å². The van der Waals surface area contributed by atoms with Gasteiger partial charge in [0.2, 0.25) is 10.0 Å². The van der Waals surface area contributed by atoms with Crippen molar-refractivity contribution in [1.29, 1.82) is 0 Å². The first kappa shape index (κ1) is 11.5. The largest absolute Gasteiger partial charge is 0.481 e. The van der Waals surface area contributed by atoms with E-state index >= 15 is 0 Å². The molecule has 1 N–H and O–H groups in total. The number of carbonyl (C=O) groups is 1. The van der Waals surface area contributed by atoms with Crippen LogP contribution in [0, 0.1) is 5.92 Å². The second-order valence-electron chi connectivity index (χ2n) is 3.74. The molecule has 14 heavy (non-hydrogen) atoms. The summed E-state index contributed by atoms with van der Waals surface area (Å²) < 4.78 is 24.5. The molecule has 1 aliphatic carbocycles. The number of sulfonamides is 1. The Morgan fingerprint density at radius 1 is 1.36 bits per heavy atom. The molecule has 0 aromatic carbocycles. The van der Waals surface area contributed by atoms with E-state index < -0.39 is 27.2 Å². The molecule has 0 aromatic rings. The fourth-order valence-corrected chi connectivity index (χ4v) is 3.51. The van der Waals surface area contributed by atoms with Crippen molar-refractivity contribution in [3.8, 4) is 0 Å². The van der Waals surface area contributed by atoms with Gasteiger partial charge in [-0.2, -0.15) is 0 Å². The maximum Gasteiger partial charge on any atom is 0.307 e. The fourth-order valence-electron chi connectivity index (χ4n) is 1.84. The van der Waals surface area contributed by atoms with E-state index in [1.54, 1.807) is 0 Å². The van der Waals surface area contributed by atoms with Crippen LogP contribution in [0.1, 0.15) is 19.3 Å². The van der Waals surface area contributed by atoms with Crippen molar-refractivity contribution in [3.05, 3.63) is 0 Å². The molecule has 5 nitrogen and oxygen atoms in total. The van der Waals surface area contributed by atoms with Crippen molar-refractivity contribution in [2.24, 2.45) is 5.92 Å². The topological polar surface area (TPSA) is 74.7 Å². The van der Waals surface area contributed by atoms with Gasteiger partial charge in [0.15, 0.2) is 0 Å². The maximum absolute atomic E-state index is 11.7. The standard InChI is InChI=1S/C8H15NO4S/c1-9(2)14(12,13)7-5-3-4-6(7)8(10)11/h6-7H,3-5H2,1-2H3,(H,10,11). The van der Waals surface area contributed by atoms with Gasteiger partial charge in [-0.1, -0.05) is 6.42 Å². The molecule has 0 aromatic heterocycles. The second kappa shape index (κ2) is 3.86. The minimum Gasteiger partial charge on any atom is -0.481 e. The average Bonchev–Trinajstić information content (AvgIpc) is 2.51. The molecule has 0 bridgehead atoms. The van der Waals surface area contributed by atoms with Crippen molar-refractivity contribution in [1.82, 2.24) is 4.31 Å². The molecule has 0 heterocycles. The van der Waals surface area contributed by atoms with E-state index in [0.717, 1.165) is 4.31 Å². The lowest BCUT2D eigenvalue weighted by atomic mass is 10.1. The number of carboxylic acid groups (broad SMARTS) is 1. The van der Waals surface area contributed by atoms with E-state index in [1.165, 1.54) is 14.1 Å². The maximum atomic E-state index is 11.7. The molecule has 1 saturated carbocycles. The van der Waals surface area contributed by atoms with Gasteiger partial charge >= 0.3 is 5.97 Å². The predicted octanol–water partition coefficient (Wildman–Crippen LogP) is 0.131. The quantitative estimate of drug-likeness (QED) is 0.735. The number of hydrogen-bond acceptors (Lipinski definition) is 3. The first-order valence-corrected chi connectivity index (χ1v) is 6.02. The van der Waals surface area contributed by atoms with E-state index in [-0.39, 0.29) is 0 Å². The predicted molar refractivity (Wildman–Crippen MR) is 51.4 cm³/mol. The van der Waals surface area contributed by atoms with Gasteiger partial charge in [-0.25, -0.2) is 12.7 Å². The first-order valence-electron chi connectivity index (χ1n) is 4.51. The SMILES string of the molecule is CN(C)S(=O)(=O)C1CCCC1C(=O)O.